The van der Waals surface area contributed by atoms with E-state index in [2.05, 4.69) is 31.7 Å². The second-order valence-corrected chi connectivity index (χ2v) is 7.84. The van der Waals surface area contributed by atoms with Crippen LogP contribution in [0.1, 0.15) is 19.4 Å². The van der Waals surface area contributed by atoms with Gasteiger partial charge in [-0.3, -0.25) is 0 Å². The Labute approximate surface area is 153 Å². The number of anilines is 3. The minimum absolute atomic E-state index is 0.00283. The van der Waals surface area contributed by atoms with Crippen molar-refractivity contribution in [3.8, 4) is 0 Å². The number of sulfonamides is 1. The van der Waals surface area contributed by atoms with Crippen LogP contribution in [0.2, 0.25) is 0 Å². The zero-order valence-electron chi connectivity index (χ0n) is 15.0. The number of benzene rings is 1. The van der Waals surface area contributed by atoms with Crippen LogP contribution in [-0.4, -0.2) is 42.9 Å². The van der Waals surface area contributed by atoms with Crippen molar-refractivity contribution in [3.63, 3.8) is 0 Å². The first kappa shape index (κ1) is 19.8. The molecule has 0 bridgehead atoms. The van der Waals surface area contributed by atoms with Crippen LogP contribution < -0.4 is 10.6 Å². The summed E-state index contributed by atoms with van der Waals surface area (Å²) in [4.78, 5) is 8.72. The van der Waals surface area contributed by atoms with Gasteiger partial charge in [0.1, 0.15) is 5.82 Å². The van der Waals surface area contributed by atoms with Crippen molar-refractivity contribution in [3.05, 3.63) is 36.0 Å². The van der Waals surface area contributed by atoms with Crippen LogP contribution in [0.4, 0.5) is 17.5 Å². The largest absolute Gasteiger partial charge is 0.394 e. The number of aliphatic hydroxyl groups excluding tert-OH is 1. The van der Waals surface area contributed by atoms with Crippen LogP contribution in [0.3, 0.4) is 0 Å². The van der Waals surface area contributed by atoms with Gasteiger partial charge in [-0.05, 0) is 37.1 Å². The second kappa shape index (κ2) is 8.24. The summed E-state index contributed by atoms with van der Waals surface area (Å²) in [6.07, 6.45) is 1.67. The number of hydrogen-bond acceptors (Lipinski definition) is 7. The number of nitrogens with one attached hydrogen (secondary N) is 2. The highest BCUT2D eigenvalue weighted by Gasteiger charge is 2.15. The predicted octanol–water partition coefficient (Wildman–Crippen LogP) is 2.35. The van der Waals surface area contributed by atoms with E-state index >= 15 is 0 Å². The van der Waals surface area contributed by atoms with E-state index in [0.29, 0.717) is 17.5 Å². The second-order valence-electron chi connectivity index (χ2n) is 6.16. The van der Waals surface area contributed by atoms with E-state index in [1.807, 2.05) is 20.8 Å². The van der Waals surface area contributed by atoms with Crippen molar-refractivity contribution in [2.24, 2.45) is 10.3 Å². The van der Waals surface area contributed by atoms with Gasteiger partial charge in [0.2, 0.25) is 5.95 Å². The highest BCUT2D eigenvalue weighted by Crippen LogP contribution is 2.21. The molecule has 0 amide bonds. The Morgan fingerprint density at radius 1 is 1.27 bits per heavy atom. The standard InChI is InChI=1S/C17H23N5O3S/c1-11(2)15(10-23)21-16-12(3)9-19-17(22-16)20-13-5-7-14(8-6-13)26(24,25)18-4/h5-9,11,15,23H,4,10H2,1-3H3,(H2,19,20,21,22)/t15-/m0/s1. The number of aryl methyl sites for hydroxylation is 1. The fraction of sp³-hybridized carbons (Fsp3) is 0.353. The van der Waals surface area contributed by atoms with Gasteiger partial charge in [0, 0.05) is 24.2 Å². The van der Waals surface area contributed by atoms with Crippen molar-refractivity contribution in [1.29, 1.82) is 0 Å². The van der Waals surface area contributed by atoms with Crippen molar-refractivity contribution < 1.29 is 13.5 Å². The number of nitrogens with zero attached hydrogens (tertiary/aromatic N) is 3. The number of hydrogen-bond donors (Lipinski definition) is 3. The molecule has 1 aromatic carbocycles. The number of rotatable bonds is 8. The molecule has 140 valence electrons. The molecular weight excluding hydrogens is 354 g/mol. The summed E-state index contributed by atoms with van der Waals surface area (Å²) in [6, 6.07) is 5.94. The lowest BCUT2D eigenvalue weighted by atomic mass is 10.1. The Bertz CT molecular complexity index is 866. The maximum absolute atomic E-state index is 11.6. The first-order valence-electron chi connectivity index (χ1n) is 8.08. The summed E-state index contributed by atoms with van der Waals surface area (Å²) in [5.41, 5.74) is 1.48. The summed E-state index contributed by atoms with van der Waals surface area (Å²) in [6.45, 7) is 8.96. The van der Waals surface area contributed by atoms with E-state index in [1.54, 1.807) is 18.3 Å². The molecule has 0 aliphatic rings. The Hall–Kier alpha value is -2.52. The van der Waals surface area contributed by atoms with Gasteiger partial charge in [-0.25, -0.2) is 4.98 Å². The minimum Gasteiger partial charge on any atom is -0.394 e. The van der Waals surface area contributed by atoms with E-state index in [9.17, 15) is 13.5 Å². The van der Waals surface area contributed by atoms with E-state index in [0.717, 1.165) is 5.56 Å². The third kappa shape index (κ3) is 4.77. The monoisotopic (exact) mass is 377 g/mol. The maximum atomic E-state index is 11.6. The van der Waals surface area contributed by atoms with Crippen molar-refractivity contribution in [2.45, 2.75) is 31.7 Å². The SMILES string of the molecule is C=NS(=O)(=O)c1ccc(Nc2ncc(C)c(N[C@@H](CO)C(C)C)n2)cc1. The van der Waals surface area contributed by atoms with Gasteiger partial charge in [0.05, 0.1) is 17.5 Å². The summed E-state index contributed by atoms with van der Waals surface area (Å²) in [7, 11) is -3.70. The molecule has 0 spiro atoms. The van der Waals surface area contributed by atoms with Gasteiger partial charge in [0.15, 0.2) is 0 Å². The molecule has 0 aliphatic heterocycles. The molecule has 0 unspecified atom stereocenters. The van der Waals surface area contributed by atoms with Crippen LogP contribution in [-0.2, 0) is 10.0 Å². The molecule has 0 aliphatic carbocycles. The Balaban J connectivity index is 2.20. The summed E-state index contributed by atoms with van der Waals surface area (Å²) in [5, 5.41) is 15.7. The average molecular weight is 377 g/mol. The minimum atomic E-state index is -3.70. The molecule has 26 heavy (non-hydrogen) atoms. The van der Waals surface area contributed by atoms with Crippen molar-refractivity contribution in [1.82, 2.24) is 9.97 Å². The highest BCUT2D eigenvalue weighted by molar-refractivity contribution is 7.90. The number of aliphatic hydroxyl groups is 1. The van der Waals surface area contributed by atoms with Crippen LogP contribution in [0.25, 0.3) is 0 Å². The van der Waals surface area contributed by atoms with Gasteiger partial charge in [-0.1, -0.05) is 13.8 Å². The average Bonchev–Trinajstić information content (AvgIpc) is 2.62. The maximum Gasteiger partial charge on any atom is 0.281 e. The van der Waals surface area contributed by atoms with Crippen LogP contribution >= 0.6 is 0 Å². The molecule has 8 nitrogen and oxygen atoms in total. The van der Waals surface area contributed by atoms with E-state index in [1.165, 1.54) is 12.1 Å². The van der Waals surface area contributed by atoms with Crippen LogP contribution in [0.15, 0.2) is 39.8 Å². The fourth-order valence-electron chi connectivity index (χ4n) is 2.16. The Morgan fingerprint density at radius 3 is 2.46 bits per heavy atom. The quantitative estimate of drug-likeness (QED) is 0.605. The molecule has 1 atom stereocenters. The Morgan fingerprint density at radius 2 is 1.92 bits per heavy atom. The van der Waals surface area contributed by atoms with Gasteiger partial charge in [-0.2, -0.15) is 17.8 Å². The van der Waals surface area contributed by atoms with E-state index in [-0.39, 0.29) is 23.5 Å². The highest BCUT2D eigenvalue weighted by atomic mass is 32.2. The number of aromatic nitrogens is 2. The molecule has 0 saturated carbocycles. The first-order chi connectivity index (χ1) is 12.3. The zero-order valence-corrected chi connectivity index (χ0v) is 15.8. The Kier molecular flexibility index (Phi) is 6.27. The summed E-state index contributed by atoms with van der Waals surface area (Å²) in [5.74, 6) is 1.22. The zero-order chi connectivity index (χ0) is 19.3. The van der Waals surface area contributed by atoms with Crippen molar-refractivity contribution in [2.75, 3.05) is 17.2 Å². The molecule has 9 heteroatoms. The fourth-order valence-corrected chi connectivity index (χ4v) is 2.79. The van der Waals surface area contributed by atoms with E-state index < -0.39 is 10.0 Å². The molecule has 1 heterocycles. The van der Waals surface area contributed by atoms with Gasteiger partial charge in [0.25, 0.3) is 10.0 Å². The molecule has 0 fully saturated rings. The topological polar surface area (TPSA) is 117 Å². The van der Waals surface area contributed by atoms with Gasteiger partial charge < -0.3 is 15.7 Å². The lowest BCUT2D eigenvalue weighted by molar-refractivity contribution is 0.249. The lowest BCUT2D eigenvalue weighted by Gasteiger charge is -2.21. The first-order valence-corrected chi connectivity index (χ1v) is 9.52. The molecule has 0 radical (unpaired) electrons. The third-order valence-corrected chi connectivity index (χ3v) is 5.08. The molecular formula is C17H23N5O3S. The van der Waals surface area contributed by atoms with Gasteiger partial charge >= 0.3 is 0 Å². The molecule has 2 rings (SSSR count). The molecule has 0 saturated heterocycles. The van der Waals surface area contributed by atoms with Crippen molar-refractivity contribution >= 4 is 34.2 Å². The third-order valence-electron chi connectivity index (χ3n) is 3.87. The molecule has 2 aromatic rings. The van der Waals surface area contributed by atoms with E-state index in [4.69, 9.17) is 0 Å². The molecule has 3 N–H and O–H groups in total. The lowest BCUT2D eigenvalue weighted by Crippen LogP contribution is -2.30. The smallest absolute Gasteiger partial charge is 0.281 e. The van der Waals surface area contributed by atoms with Gasteiger partial charge in [-0.15, -0.1) is 0 Å². The van der Waals surface area contributed by atoms with Crippen LogP contribution in [0.5, 0.6) is 0 Å². The van der Waals surface area contributed by atoms with Crippen LogP contribution in [0, 0.1) is 12.8 Å². The molecule has 1 aromatic heterocycles. The summed E-state index contributed by atoms with van der Waals surface area (Å²) < 4.78 is 26.4. The normalized spacial score (nSPS) is 12.7. The summed E-state index contributed by atoms with van der Waals surface area (Å²) >= 11 is 0. The predicted molar refractivity (Wildman–Crippen MR) is 103 cm³/mol.